The number of rotatable bonds is 6. The Morgan fingerprint density at radius 2 is 0.657 bits per heavy atom. The van der Waals surface area contributed by atoms with E-state index in [2.05, 4.69) is 134 Å². The second-order valence-corrected chi connectivity index (χ2v) is 33.4. The minimum absolute atomic E-state index is 1.32. The first-order valence-corrected chi connectivity index (χ1v) is 26.4. The normalized spacial score (nSPS) is 13.3. The average molecular weight is 553 g/mol. The van der Waals surface area contributed by atoms with Crippen LogP contribution in [-0.4, -0.2) is 31.6 Å². The molecule has 0 bridgehead atoms. The number of hydrogen-bond acceptors (Lipinski definition) is 0. The maximum atomic E-state index is 8.28. The molecule has 3 aromatic carbocycles. The Labute approximate surface area is 223 Å². The molecule has 0 unspecified atom stereocenters. The summed E-state index contributed by atoms with van der Waals surface area (Å²) in [5, 5.41) is 8.62. The summed E-state index contributed by atoms with van der Waals surface area (Å²) in [6.07, 6.45) is 0. The van der Waals surface area contributed by atoms with Gasteiger partial charge in [-0.3, -0.25) is 0 Å². The Kier molecular flexibility index (Phi) is 7.79. The van der Waals surface area contributed by atoms with Gasteiger partial charge < -0.3 is 0 Å². The van der Waals surface area contributed by atoms with E-state index < -0.39 is 31.6 Å². The zero-order valence-corrected chi connectivity index (χ0v) is 28.8. The van der Waals surface area contributed by atoms with Gasteiger partial charge in [0, 0.05) is 0 Å². The van der Waals surface area contributed by atoms with Crippen molar-refractivity contribution in [2.75, 3.05) is 0 Å². The lowest BCUT2D eigenvalue weighted by molar-refractivity contribution is 1.48. The second-order valence-electron chi connectivity index (χ2n) is 13.5. The van der Waals surface area contributed by atoms with E-state index in [1.807, 2.05) is 0 Å². The van der Waals surface area contributed by atoms with Crippen molar-refractivity contribution in [1.29, 1.82) is 0 Å². The lowest BCUT2D eigenvalue weighted by Gasteiger charge is -2.34. The molecular formula is C30H45ClSi4. The minimum Gasteiger partial charge on any atom is -0.149 e. The lowest BCUT2D eigenvalue weighted by atomic mass is 10.2. The van der Waals surface area contributed by atoms with Crippen molar-refractivity contribution in [2.24, 2.45) is 0 Å². The maximum absolute atomic E-state index is 8.28. The molecule has 0 aromatic heterocycles. The monoisotopic (exact) mass is 552 g/mol. The topological polar surface area (TPSA) is 0 Å². The fourth-order valence-corrected chi connectivity index (χ4v) is 14.4. The van der Waals surface area contributed by atoms with Crippen LogP contribution in [-0.2, 0) is 0 Å². The van der Waals surface area contributed by atoms with Gasteiger partial charge in [0.15, 0.2) is 0 Å². The molecule has 188 valence electrons. The van der Waals surface area contributed by atoms with Crippen LogP contribution in [0, 0.1) is 20.8 Å². The predicted molar refractivity (Wildman–Crippen MR) is 173 cm³/mol. The first-order chi connectivity index (χ1) is 15.9. The maximum Gasteiger partial charge on any atom is 0.248 e. The molecule has 0 N–H and O–H groups in total. The summed E-state index contributed by atoms with van der Waals surface area (Å²) in [6, 6.07) is 21.6. The van der Waals surface area contributed by atoms with Gasteiger partial charge in [-0.05, 0) is 53.0 Å². The molecule has 5 heteroatoms. The molecule has 0 nitrogen and oxygen atoms in total. The molecule has 0 spiro atoms. The van der Waals surface area contributed by atoms with Gasteiger partial charge in [-0.15, -0.1) is 11.1 Å². The highest BCUT2D eigenvalue weighted by Gasteiger charge is 2.43. The summed E-state index contributed by atoms with van der Waals surface area (Å²) in [6.45, 7) is 28.7. The first-order valence-electron chi connectivity index (χ1n) is 12.9. The van der Waals surface area contributed by atoms with Gasteiger partial charge in [0.2, 0.25) is 7.38 Å². The van der Waals surface area contributed by atoms with E-state index in [-0.39, 0.29) is 0 Å². The van der Waals surface area contributed by atoms with Crippen LogP contribution in [0.5, 0.6) is 0 Å². The Balaban J connectivity index is 2.51. The zero-order chi connectivity index (χ0) is 26.6. The van der Waals surface area contributed by atoms with Crippen LogP contribution in [0.3, 0.4) is 0 Å². The second kappa shape index (κ2) is 9.60. The van der Waals surface area contributed by atoms with Gasteiger partial charge in [-0.1, -0.05) is 129 Å². The van der Waals surface area contributed by atoms with Crippen molar-refractivity contribution in [2.45, 2.75) is 79.7 Å². The number of benzene rings is 3. The van der Waals surface area contributed by atoms with E-state index in [1.54, 1.807) is 0 Å². The van der Waals surface area contributed by atoms with Crippen LogP contribution in [0.25, 0.3) is 0 Å². The predicted octanol–water partition coefficient (Wildman–Crippen LogP) is 5.45. The Hall–Kier alpha value is -1.18. The van der Waals surface area contributed by atoms with E-state index in [1.165, 1.54) is 47.8 Å². The molecule has 0 heterocycles. The van der Waals surface area contributed by atoms with Gasteiger partial charge in [-0.2, -0.15) is 0 Å². The van der Waals surface area contributed by atoms with E-state index >= 15 is 0 Å². The molecule has 0 radical (unpaired) electrons. The van der Waals surface area contributed by atoms with Crippen molar-refractivity contribution in [1.82, 2.24) is 0 Å². The van der Waals surface area contributed by atoms with Crippen molar-refractivity contribution in [3.8, 4) is 0 Å². The number of aryl methyl sites for hydroxylation is 3. The molecule has 3 aromatic rings. The average Bonchev–Trinajstić information content (AvgIpc) is 2.71. The molecule has 35 heavy (non-hydrogen) atoms. The highest BCUT2D eigenvalue weighted by molar-refractivity contribution is 7.41. The third-order valence-electron chi connectivity index (χ3n) is 7.42. The molecule has 0 saturated carbocycles. The van der Waals surface area contributed by atoms with Crippen LogP contribution in [0.1, 0.15) is 16.7 Å². The summed E-state index contributed by atoms with van der Waals surface area (Å²) in [7, 11) is -7.30. The Bertz CT molecular complexity index is 1090. The highest BCUT2D eigenvalue weighted by atomic mass is 35.6. The smallest absolute Gasteiger partial charge is 0.149 e. The molecule has 0 aliphatic heterocycles. The van der Waals surface area contributed by atoms with Gasteiger partial charge in [0.1, 0.15) is 0 Å². The lowest BCUT2D eigenvalue weighted by Crippen LogP contribution is -2.67. The van der Waals surface area contributed by atoms with Crippen LogP contribution in [0.2, 0.25) is 58.9 Å². The van der Waals surface area contributed by atoms with E-state index in [4.69, 9.17) is 11.1 Å². The third kappa shape index (κ3) is 5.72. The van der Waals surface area contributed by atoms with E-state index in [9.17, 15) is 0 Å². The molecule has 0 aliphatic carbocycles. The molecule has 0 aliphatic rings. The van der Waals surface area contributed by atoms with E-state index in [0.717, 1.165) is 0 Å². The largest absolute Gasteiger partial charge is 0.248 e. The number of halogens is 1. The number of hydrogen-bond donors (Lipinski definition) is 0. The molecule has 0 saturated heterocycles. The fraction of sp³-hybridized carbons (Fsp3) is 0.400. The summed E-state index contributed by atoms with van der Waals surface area (Å²) in [5.41, 5.74) is 3.97. The molecule has 0 amide bonds. The van der Waals surface area contributed by atoms with Crippen LogP contribution < -0.4 is 31.1 Å². The molecule has 3 rings (SSSR count). The van der Waals surface area contributed by atoms with Crippen LogP contribution >= 0.6 is 11.1 Å². The summed E-state index contributed by atoms with van der Waals surface area (Å²) in [4.78, 5) is 0. The standard InChI is InChI=1S/C30H45ClSi4/c1-22-13-16-25(32(4,5)6)19-28(22)35(31,29-20-26(33(7,8)9)17-14-23(29)2)30-21-27(34(10,11)12)18-15-24(30)3/h13-21H,1-12H3. The quantitative estimate of drug-likeness (QED) is 0.216. The van der Waals surface area contributed by atoms with Gasteiger partial charge in [0.25, 0.3) is 0 Å². The zero-order valence-electron chi connectivity index (χ0n) is 24.1. The highest BCUT2D eigenvalue weighted by Crippen LogP contribution is 2.19. The summed E-state index contributed by atoms with van der Waals surface area (Å²) in [5.74, 6) is 0. The summed E-state index contributed by atoms with van der Waals surface area (Å²) >= 11 is 8.28. The Morgan fingerprint density at radius 3 is 0.857 bits per heavy atom. The molecule has 0 fully saturated rings. The fourth-order valence-electron chi connectivity index (χ4n) is 4.81. The third-order valence-corrected chi connectivity index (χ3v) is 19.2. The SMILES string of the molecule is Cc1ccc([Si](C)(C)C)cc1[Si](Cl)(c1cc([Si](C)(C)C)ccc1C)c1cc([Si](C)(C)C)ccc1C. The first kappa shape index (κ1) is 28.4. The molecular weight excluding hydrogens is 508 g/mol. The van der Waals surface area contributed by atoms with Gasteiger partial charge in [0.05, 0.1) is 24.2 Å². The van der Waals surface area contributed by atoms with Crippen molar-refractivity contribution in [3.63, 3.8) is 0 Å². The van der Waals surface area contributed by atoms with Crippen LogP contribution in [0.15, 0.2) is 54.6 Å². The van der Waals surface area contributed by atoms with Gasteiger partial charge >= 0.3 is 0 Å². The summed E-state index contributed by atoms with van der Waals surface area (Å²) < 4.78 is 0. The minimum atomic E-state index is -2.80. The van der Waals surface area contributed by atoms with Gasteiger partial charge in [-0.25, -0.2) is 0 Å². The van der Waals surface area contributed by atoms with Crippen LogP contribution in [0.4, 0.5) is 0 Å². The Morgan fingerprint density at radius 1 is 0.429 bits per heavy atom. The van der Waals surface area contributed by atoms with Crippen molar-refractivity contribution in [3.05, 3.63) is 71.3 Å². The molecule has 0 atom stereocenters. The van der Waals surface area contributed by atoms with E-state index in [0.29, 0.717) is 0 Å². The van der Waals surface area contributed by atoms with Crippen molar-refractivity contribution >= 4 is 73.8 Å². The van der Waals surface area contributed by atoms with Crippen molar-refractivity contribution < 1.29 is 0 Å².